The van der Waals surface area contributed by atoms with Gasteiger partial charge in [0.25, 0.3) is 8.32 Å². The molecule has 1 spiro atoms. The first-order valence-corrected chi connectivity index (χ1v) is 21.3. The van der Waals surface area contributed by atoms with Crippen molar-refractivity contribution in [3.63, 3.8) is 0 Å². The number of carbonyl (C=O) groups excluding carboxylic acids is 1. The molecule has 0 amide bonds. The first kappa shape index (κ1) is 42.0. The number of carbonyl (C=O) groups is 1. The molecule has 0 N–H and O–H groups in total. The molecule has 3 aromatic rings. The van der Waals surface area contributed by atoms with Crippen molar-refractivity contribution in [2.24, 2.45) is 17.3 Å². The molecule has 2 saturated heterocycles. The number of benzene rings is 3. The molecule has 0 radical (unpaired) electrons. The largest absolute Gasteiger partial charge is 0.458 e. The van der Waals surface area contributed by atoms with Crippen LogP contribution in [0.2, 0.25) is 5.04 Å². The van der Waals surface area contributed by atoms with Gasteiger partial charge in [0.2, 0.25) is 0 Å². The van der Waals surface area contributed by atoms with Gasteiger partial charge in [0, 0.05) is 44.5 Å². The lowest BCUT2D eigenvalue weighted by atomic mass is 9.68. The molecule has 0 aromatic heterocycles. The van der Waals surface area contributed by atoms with Gasteiger partial charge in [0.05, 0.1) is 43.7 Å². The van der Waals surface area contributed by atoms with E-state index in [2.05, 4.69) is 109 Å². The topological polar surface area (TPSA) is 81.7 Å². The van der Waals surface area contributed by atoms with E-state index in [0.717, 1.165) is 0 Å². The van der Waals surface area contributed by atoms with Crippen LogP contribution < -0.4 is 10.4 Å². The molecule has 5 rings (SSSR count). The average Bonchev–Trinajstić information content (AvgIpc) is 3.37. The minimum atomic E-state index is -2.81. The van der Waals surface area contributed by atoms with Crippen LogP contribution in [0.25, 0.3) is 0 Å². The van der Waals surface area contributed by atoms with Crippen molar-refractivity contribution in [2.75, 3.05) is 40.6 Å². The van der Waals surface area contributed by atoms with E-state index in [1.54, 1.807) is 26.4 Å². The van der Waals surface area contributed by atoms with E-state index in [4.69, 9.17) is 32.8 Å². The van der Waals surface area contributed by atoms with E-state index in [1.165, 1.54) is 10.4 Å². The number of rotatable bonds is 17. The Morgan fingerprint density at radius 3 is 2.04 bits per heavy atom. The molecule has 2 aliphatic heterocycles. The van der Waals surface area contributed by atoms with Gasteiger partial charge in [-0.05, 0) is 40.4 Å². The van der Waals surface area contributed by atoms with Crippen molar-refractivity contribution in [3.05, 3.63) is 109 Å². The van der Waals surface area contributed by atoms with E-state index in [1.807, 2.05) is 24.3 Å². The third-order valence-electron chi connectivity index (χ3n) is 11.8. The van der Waals surface area contributed by atoms with Crippen LogP contribution >= 0.6 is 0 Å². The lowest BCUT2D eigenvalue weighted by Crippen LogP contribution is -2.66. The molecule has 2 fully saturated rings. The summed E-state index contributed by atoms with van der Waals surface area (Å²) in [4.78, 5) is 13.7. The highest BCUT2D eigenvalue weighted by Crippen LogP contribution is 2.58. The second-order valence-corrected chi connectivity index (χ2v) is 20.7. The molecule has 2 aliphatic rings. The highest BCUT2D eigenvalue weighted by Gasteiger charge is 2.66. The van der Waals surface area contributed by atoms with Gasteiger partial charge >= 0.3 is 5.97 Å². The second-order valence-electron chi connectivity index (χ2n) is 16.4. The fourth-order valence-electron chi connectivity index (χ4n) is 8.59. The fraction of sp³-hybridized carbons (Fsp3) is 0.533. The maximum atomic E-state index is 13.7. The zero-order chi connectivity index (χ0) is 39.0. The van der Waals surface area contributed by atoms with Crippen LogP contribution in [0, 0.1) is 17.3 Å². The zero-order valence-electron chi connectivity index (χ0n) is 33.6. The predicted octanol–water partition coefficient (Wildman–Crippen LogP) is 7.60. The molecular weight excluding hydrogens is 697 g/mol. The van der Waals surface area contributed by atoms with Crippen molar-refractivity contribution < 1.29 is 37.6 Å². The van der Waals surface area contributed by atoms with Gasteiger partial charge in [-0.2, -0.15) is 0 Å². The smallest absolute Gasteiger partial charge is 0.338 e. The lowest BCUT2D eigenvalue weighted by molar-refractivity contribution is -0.335. The minimum absolute atomic E-state index is 0.104. The van der Waals surface area contributed by atoms with E-state index in [9.17, 15) is 4.79 Å². The Morgan fingerprint density at radius 1 is 0.907 bits per heavy atom. The van der Waals surface area contributed by atoms with Crippen LogP contribution in [-0.4, -0.2) is 85.1 Å². The molecule has 54 heavy (non-hydrogen) atoms. The van der Waals surface area contributed by atoms with Gasteiger partial charge in [-0.25, -0.2) is 4.79 Å². The molecule has 0 unspecified atom stereocenters. The fourth-order valence-corrected chi connectivity index (χ4v) is 13.2. The van der Waals surface area contributed by atoms with E-state index in [0.29, 0.717) is 51.3 Å². The molecule has 294 valence electrons. The van der Waals surface area contributed by atoms with Gasteiger partial charge < -0.3 is 32.8 Å². The summed E-state index contributed by atoms with van der Waals surface area (Å²) in [5.74, 6) is -1.72. The van der Waals surface area contributed by atoms with Crippen molar-refractivity contribution in [1.29, 1.82) is 0 Å². The average molecular weight is 759 g/mol. The Kier molecular flexibility index (Phi) is 14.2. The number of hydrogen-bond donors (Lipinski definition) is 0. The highest BCUT2D eigenvalue weighted by molar-refractivity contribution is 6.99. The molecule has 8 nitrogen and oxygen atoms in total. The first-order chi connectivity index (χ1) is 25.8. The Bertz CT molecular complexity index is 1570. The highest BCUT2D eigenvalue weighted by atomic mass is 28.4. The maximum absolute atomic E-state index is 13.7. The van der Waals surface area contributed by atoms with Gasteiger partial charge in [-0.3, -0.25) is 0 Å². The van der Waals surface area contributed by atoms with Crippen molar-refractivity contribution in [1.82, 2.24) is 0 Å². The maximum Gasteiger partial charge on any atom is 0.338 e. The van der Waals surface area contributed by atoms with Gasteiger partial charge in [-0.15, -0.1) is 6.58 Å². The standard InChI is InChI=1S/C45H62O8Si/c1-10-20-39(48-9)41-37(32-49-30-29-47-8)44(6,7)45(53-41)31-40(51-42(46)34-21-14-11-15-22-34)33(2)38(52-45)27-28-50-54(43(3,4)5,35-23-16-12-17-24-35)36-25-18-13-19-26-36/h10-19,21-26,33,37-41H,1,20,27-32H2,2-9H3/t33-,37-,38+,39+,40-,41-,45-/m1/s1. The van der Waals surface area contributed by atoms with Crippen molar-refractivity contribution >= 4 is 24.7 Å². The van der Waals surface area contributed by atoms with Crippen molar-refractivity contribution in [2.45, 2.75) is 96.0 Å². The Labute approximate surface area is 324 Å². The molecule has 7 atom stereocenters. The summed E-state index contributed by atoms with van der Waals surface area (Å²) in [6.45, 7) is 19.1. The van der Waals surface area contributed by atoms with Crippen LogP contribution in [0.5, 0.6) is 0 Å². The Morgan fingerprint density at radius 2 is 1.50 bits per heavy atom. The second kappa shape index (κ2) is 18.2. The number of hydrogen-bond acceptors (Lipinski definition) is 8. The van der Waals surface area contributed by atoms with E-state index >= 15 is 0 Å². The lowest BCUT2D eigenvalue weighted by Gasteiger charge is -2.51. The quantitative estimate of drug-likeness (QED) is 0.0603. The normalized spacial score (nSPS) is 26.0. The summed E-state index contributed by atoms with van der Waals surface area (Å²) in [5.41, 5.74) is -0.0618. The number of ether oxygens (including phenoxy) is 6. The van der Waals surface area contributed by atoms with Gasteiger partial charge in [0.1, 0.15) is 6.10 Å². The number of methoxy groups -OCH3 is 2. The monoisotopic (exact) mass is 758 g/mol. The van der Waals surface area contributed by atoms with Crippen molar-refractivity contribution in [3.8, 4) is 0 Å². The summed E-state index contributed by atoms with van der Waals surface area (Å²) in [7, 11) is 0.564. The summed E-state index contributed by atoms with van der Waals surface area (Å²) < 4.78 is 45.8. The number of esters is 1. The third kappa shape index (κ3) is 8.63. The molecule has 0 bridgehead atoms. The van der Waals surface area contributed by atoms with Crippen LogP contribution in [0.4, 0.5) is 0 Å². The Balaban J connectivity index is 1.51. The zero-order valence-corrected chi connectivity index (χ0v) is 34.6. The summed E-state index contributed by atoms with van der Waals surface area (Å²) in [5, 5.41) is 2.27. The molecule has 0 aliphatic carbocycles. The summed E-state index contributed by atoms with van der Waals surface area (Å²) >= 11 is 0. The first-order valence-electron chi connectivity index (χ1n) is 19.4. The molecule has 2 heterocycles. The van der Waals surface area contributed by atoms with Crippen LogP contribution in [0.3, 0.4) is 0 Å². The molecular formula is C45H62O8Si. The summed E-state index contributed by atoms with van der Waals surface area (Å²) in [6, 6.07) is 30.5. The van der Waals surface area contributed by atoms with E-state index in [-0.39, 0.29) is 41.2 Å². The predicted molar refractivity (Wildman–Crippen MR) is 216 cm³/mol. The van der Waals surface area contributed by atoms with Crippen LogP contribution in [-0.2, 0) is 32.8 Å². The van der Waals surface area contributed by atoms with Crippen LogP contribution in [0.15, 0.2) is 104 Å². The molecule has 3 aromatic carbocycles. The SMILES string of the molecule is C=CC[C@H](OC)[C@@H]1O[C@]2(C[C@@H](OC(=O)c3ccccc3)[C@H](C)[C@H](CCO[Si](c3ccccc3)(c3ccccc3)C(C)(C)C)O2)C(C)(C)[C@@H]1COCCOC. The van der Waals surface area contributed by atoms with E-state index < -0.39 is 25.6 Å². The van der Waals surface area contributed by atoms with Gasteiger partial charge in [-0.1, -0.05) is 126 Å². The Hall–Kier alpha value is -3.15. The van der Waals surface area contributed by atoms with Gasteiger partial charge in [0.15, 0.2) is 5.79 Å². The molecule has 9 heteroatoms. The third-order valence-corrected chi connectivity index (χ3v) is 16.9. The summed E-state index contributed by atoms with van der Waals surface area (Å²) in [6.07, 6.45) is 1.92. The minimum Gasteiger partial charge on any atom is -0.458 e. The molecule has 0 saturated carbocycles. The van der Waals surface area contributed by atoms with Crippen LogP contribution in [0.1, 0.15) is 71.2 Å².